The van der Waals surface area contributed by atoms with Crippen molar-refractivity contribution in [2.24, 2.45) is 0 Å². The highest BCUT2D eigenvalue weighted by atomic mass is 35.5. The quantitative estimate of drug-likeness (QED) is 0.527. The molecular formula is C8H9ClFNO. The summed E-state index contributed by atoms with van der Waals surface area (Å²) in [5.41, 5.74) is 5.83. The maximum absolute atomic E-state index is 12.7. The Bertz CT molecular complexity index is 278. The fourth-order valence-electron chi connectivity index (χ4n) is 0.872. The molecule has 0 amide bonds. The maximum atomic E-state index is 12.7. The highest BCUT2D eigenvalue weighted by Gasteiger charge is 2.09. The minimum absolute atomic E-state index is 0.0782. The van der Waals surface area contributed by atoms with E-state index in [1.165, 1.54) is 19.1 Å². The van der Waals surface area contributed by atoms with E-state index in [0.717, 1.165) is 0 Å². The minimum Gasteiger partial charge on any atom is -0.504 e. The molecule has 4 heteroatoms. The van der Waals surface area contributed by atoms with Crippen molar-refractivity contribution in [3.05, 3.63) is 22.7 Å². The van der Waals surface area contributed by atoms with Gasteiger partial charge in [0.1, 0.15) is 6.17 Å². The van der Waals surface area contributed by atoms with Gasteiger partial charge in [0.2, 0.25) is 0 Å². The zero-order valence-corrected chi connectivity index (χ0v) is 7.27. The molecule has 0 spiro atoms. The molecule has 1 atom stereocenters. The van der Waals surface area contributed by atoms with E-state index < -0.39 is 6.17 Å². The molecule has 0 fully saturated rings. The third-order valence-electron chi connectivity index (χ3n) is 1.57. The molecular weight excluding hydrogens is 181 g/mol. The van der Waals surface area contributed by atoms with Crippen LogP contribution in [-0.4, -0.2) is 5.11 Å². The van der Waals surface area contributed by atoms with Gasteiger partial charge < -0.3 is 10.8 Å². The monoisotopic (exact) mass is 189 g/mol. The van der Waals surface area contributed by atoms with Gasteiger partial charge in [-0.05, 0) is 24.6 Å². The molecule has 0 heterocycles. The Labute approximate surface area is 74.8 Å². The van der Waals surface area contributed by atoms with E-state index in [4.69, 9.17) is 22.4 Å². The zero-order chi connectivity index (χ0) is 9.30. The first kappa shape index (κ1) is 9.13. The van der Waals surface area contributed by atoms with Crippen molar-refractivity contribution in [1.29, 1.82) is 0 Å². The number of benzene rings is 1. The summed E-state index contributed by atoms with van der Waals surface area (Å²) < 4.78 is 12.7. The molecule has 0 saturated heterocycles. The van der Waals surface area contributed by atoms with Gasteiger partial charge in [-0.25, -0.2) is 4.39 Å². The molecule has 2 nitrogen and oxygen atoms in total. The molecule has 1 unspecified atom stereocenters. The van der Waals surface area contributed by atoms with Gasteiger partial charge in [0.25, 0.3) is 0 Å². The van der Waals surface area contributed by atoms with E-state index >= 15 is 0 Å². The average Bonchev–Trinajstić information content (AvgIpc) is 1.99. The van der Waals surface area contributed by atoms with Crippen molar-refractivity contribution in [2.75, 3.05) is 5.73 Å². The Morgan fingerprint density at radius 2 is 2.17 bits per heavy atom. The summed E-state index contributed by atoms with van der Waals surface area (Å²) in [7, 11) is 0. The van der Waals surface area contributed by atoms with Crippen LogP contribution in [-0.2, 0) is 0 Å². The van der Waals surface area contributed by atoms with Crippen molar-refractivity contribution in [2.45, 2.75) is 13.1 Å². The Balaban J connectivity index is 3.21. The molecule has 66 valence electrons. The fourth-order valence-corrected chi connectivity index (χ4v) is 1.11. The Morgan fingerprint density at radius 1 is 1.58 bits per heavy atom. The van der Waals surface area contributed by atoms with Crippen LogP contribution >= 0.6 is 11.6 Å². The highest BCUT2D eigenvalue weighted by Crippen LogP contribution is 2.33. The van der Waals surface area contributed by atoms with E-state index in [2.05, 4.69) is 0 Å². The average molecular weight is 190 g/mol. The van der Waals surface area contributed by atoms with Gasteiger partial charge in [-0.15, -0.1) is 0 Å². The summed E-state index contributed by atoms with van der Waals surface area (Å²) in [6, 6.07) is 2.73. The second-order valence-corrected chi connectivity index (χ2v) is 2.96. The number of nitrogens with two attached hydrogens (primary N) is 1. The summed E-state index contributed by atoms with van der Waals surface area (Å²) in [4.78, 5) is 0. The molecule has 0 bridgehead atoms. The van der Waals surface area contributed by atoms with Crippen LogP contribution in [0, 0.1) is 0 Å². The molecule has 1 rings (SSSR count). The molecule has 1 aromatic carbocycles. The number of phenols is 1. The van der Waals surface area contributed by atoms with Gasteiger partial charge in [-0.3, -0.25) is 0 Å². The highest BCUT2D eigenvalue weighted by molar-refractivity contribution is 6.32. The second-order valence-electron chi connectivity index (χ2n) is 2.56. The number of nitrogen functional groups attached to an aromatic ring is 1. The van der Waals surface area contributed by atoms with Crippen molar-refractivity contribution in [3.63, 3.8) is 0 Å². The van der Waals surface area contributed by atoms with E-state index in [-0.39, 0.29) is 16.5 Å². The van der Waals surface area contributed by atoms with Crippen LogP contribution < -0.4 is 5.73 Å². The second kappa shape index (κ2) is 3.19. The fraction of sp³-hybridized carbons (Fsp3) is 0.250. The third kappa shape index (κ3) is 1.61. The maximum Gasteiger partial charge on any atom is 0.157 e. The van der Waals surface area contributed by atoms with Crippen LogP contribution in [0.4, 0.5) is 10.1 Å². The first-order chi connectivity index (χ1) is 5.52. The Kier molecular flexibility index (Phi) is 2.43. The van der Waals surface area contributed by atoms with Crippen molar-refractivity contribution >= 4 is 17.3 Å². The van der Waals surface area contributed by atoms with E-state index in [9.17, 15) is 4.39 Å². The van der Waals surface area contributed by atoms with Gasteiger partial charge in [0.05, 0.1) is 10.7 Å². The lowest BCUT2D eigenvalue weighted by Gasteiger charge is -2.06. The Morgan fingerprint density at radius 3 is 2.58 bits per heavy atom. The van der Waals surface area contributed by atoms with Crippen LogP contribution in [0.5, 0.6) is 5.75 Å². The van der Waals surface area contributed by atoms with Crippen LogP contribution in [0.2, 0.25) is 5.02 Å². The van der Waals surface area contributed by atoms with Gasteiger partial charge in [-0.2, -0.15) is 0 Å². The Hall–Kier alpha value is -0.960. The summed E-state index contributed by atoms with van der Waals surface area (Å²) >= 11 is 5.57. The first-order valence-electron chi connectivity index (χ1n) is 3.44. The summed E-state index contributed by atoms with van der Waals surface area (Å²) in [5.74, 6) is -0.193. The van der Waals surface area contributed by atoms with E-state index in [0.29, 0.717) is 5.56 Å². The van der Waals surface area contributed by atoms with Crippen LogP contribution in [0.1, 0.15) is 18.7 Å². The number of hydrogen-bond donors (Lipinski definition) is 2. The van der Waals surface area contributed by atoms with Gasteiger partial charge in [0, 0.05) is 0 Å². The number of anilines is 1. The minimum atomic E-state index is -1.13. The first-order valence-corrected chi connectivity index (χ1v) is 3.82. The van der Waals surface area contributed by atoms with Crippen LogP contribution in [0.25, 0.3) is 0 Å². The molecule has 0 aliphatic heterocycles. The normalized spacial score (nSPS) is 12.9. The number of phenolic OH excluding ortho intramolecular Hbond substituents is 1. The molecule has 1 aromatic rings. The lowest BCUT2D eigenvalue weighted by atomic mass is 10.1. The molecule has 0 saturated carbocycles. The molecule has 0 aliphatic carbocycles. The van der Waals surface area contributed by atoms with E-state index in [1.807, 2.05) is 0 Å². The summed E-state index contributed by atoms with van der Waals surface area (Å²) in [6.45, 7) is 1.38. The van der Waals surface area contributed by atoms with Gasteiger partial charge >= 0.3 is 0 Å². The molecule has 12 heavy (non-hydrogen) atoms. The van der Waals surface area contributed by atoms with E-state index in [1.54, 1.807) is 0 Å². The predicted molar refractivity (Wildman–Crippen MR) is 47.1 cm³/mol. The predicted octanol–water partition coefficient (Wildman–Crippen LogP) is 2.66. The SMILES string of the molecule is CC(F)c1cc(N)c(O)c(Cl)c1. The van der Waals surface area contributed by atoms with Crippen LogP contribution in [0.15, 0.2) is 12.1 Å². The lowest BCUT2D eigenvalue weighted by Crippen LogP contribution is -1.91. The number of halogens is 2. The molecule has 0 aromatic heterocycles. The van der Waals surface area contributed by atoms with Crippen molar-refractivity contribution in [1.82, 2.24) is 0 Å². The van der Waals surface area contributed by atoms with Crippen molar-refractivity contribution in [3.8, 4) is 5.75 Å². The van der Waals surface area contributed by atoms with Crippen molar-refractivity contribution < 1.29 is 9.50 Å². The lowest BCUT2D eigenvalue weighted by molar-refractivity contribution is 0.374. The molecule has 3 N–H and O–H groups in total. The summed E-state index contributed by atoms with van der Waals surface area (Å²) in [6.07, 6.45) is -1.13. The van der Waals surface area contributed by atoms with Gasteiger partial charge in [0.15, 0.2) is 5.75 Å². The summed E-state index contributed by atoms with van der Waals surface area (Å²) in [5, 5.41) is 9.21. The van der Waals surface area contributed by atoms with Crippen LogP contribution in [0.3, 0.4) is 0 Å². The number of rotatable bonds is 1. The standard InChI is InChI=1S/C8H9ClFNO/c1-4(10)5-2-6(9)8(12)7(11)3-5/h2-4,12H,11H2,1H3. The topological polar surface area (TPSA) is 46.2 Å². The number of aromatic hydroxyl groups is 1. The molecule has 0 radical (unpaired) electrons. The van der Waals surface area contributed by atoms with Gasteiger partial charge in [-0.1, -0.05) is 11.6 Å². The zero-order valence-electron chi connectivity index (χ0n) is 6.51. The number of alkyl halides is 1. The smallest absolute Gasteiger partial charge is 0.157 e. The molecule has 0 aliphatic rings. The number of hydrogen-bond acceptors (Lipinski definition) is 2. The largest absolute Gasteiger partial charge is 0.504 e. The third-order valence-corrected chi connectivity index (χ3v) is 1.86.